The molecule has 0 fully saturated rings. The van der Waals surface area contributed by atoms with Crippen molar-refractivity contribution in [2.75, 3.05) is 13.7 Å². The molecule has 3 rings (SSSR count). The van der Waals surface area contributed by atoms with Crippen LogP contribution in [-0.4, -0.2) is 23.7 Å². The molecule has 0 atom stereocenters. The smallest absolute Gasteiger partial charge is 0.174 e. The van der Waals surface area contributed by atoms with Crippen LogP contribution in [0.2, 0.25) is 0 Å². The van der Waals surface area contributed by atoms with Gasteiger partial charge in [-0.25, -0.2) is 4.98 Å². The lowest BCUT2D eigenvalue weighted by Crippen LogP contribution is -1.97. The summed E-state index contributed by atoms with van der Waals surface area (Å²) in [5.74, 6) is 2.20. The predicted octanol–water partition coefficient (Wildman–Crippen LogP) is 4.40. The fraction of sp³-hybridized carbons (Fsp3) is 0.188. The van der Waals surface area contributed by atoms with E-state index in [1.54, 1.807) is 7.11 Å². The first-order chi connectivity index (χ1) is 10.2. The van der Waals surface area contributed by atoms with Crippen LogP contribution in [0.15, 0.2) is 40.9 Å². The van der Waals surface area contributed by atoms with Crippen molar-refractivity contribution < 1.29 is 9.47 Å². The van der Waals surface area contributed by atoms with Crippen LogP contribution < -0.4 is 9.47 Å². The van der Waals surface area contributed by atoms with Crippen molar-refractivity contribution in [3.63, 3.8) is 0 Å². The van der Waals surface area contributed by atoms with Crippen molar-refractivity contribution in [1.29, 1.82) is 0 Å². The van der Waals surface area contributed by atoms with E-state index in [0.717, 1.165) is 26.9 Å². The van der Waals surface area contributed by atoms with Crippen molar-refractivity contribution in [2.45, 2.75) is 6.92 Å². The average Bonchev–Trinajstić information content (AvgIpc) is 2.91. The van der Waals surface area contributed by atoms with Crippen LogP contribution in [0.3, 0.4) is 0 Å². The summed E-state index contributed by atoms with van der Waals surface area (Å²) in [4.78, 5) is 7.93. The number of aromatic nitrogens is 2. The van der Waals surface area contributed by atoms with E-state index in [9.17, 15) is 0 Å². The van der Waals surface area contributed by atoms with E-state index < -0.39 is 0 Å². The lowest BCUT2D eigenvalue weighted by molar-refractivity contribution is 0.310. The monoisotopic (exact) mass is 346 g/mol. The Balaban J connectivity index is 2.13. The Morgan fingerprint density at radius 3 is 2.76 bits per heavy atom. The molecule has 5 heteroatoms. The topological polar surface area (TPSA) is 47.1 Å². The number of H-pyrrole nitrogens is 1. The normalized spacial score (nSPS) is 10.8. The fourth-order valence-corrected chi connectivity index (χ4v) is 2.86. The number of methoxy groups -OCH3 is 1. The number of para-hydroxylation sites is 2. The Morgan fingerprint density at radius 2 is 2.05 bits per heavy atom. The number of imidazole rings is 1. The molecule has 1 N–H and O–H groups in total. The Hall–Kier alpha value is -2.01. The third kappa shape index (κ3) is 2.61. The van der Waals surface area contributed by atoms with Gasteiger partial charge in [-0.3, -0.25) is 0 Å². The maximum atomic E-state index is 5.65. The van der Waals surface area contributed by atoms with E-state index >= 15 is 0 Å². The highest BCUT2D eigenvalue weighted by molar-refractivity contribution is 9.10. The number of benzene rings is 2. The molecule has 0 aliphatic rings. The van der Waals surface area contributed by atoms with E-state index in [1.807, 2.05) is 43.3 Å². The lowest BCUT2D eigenvalue weighted by atomic mass is 10.2. The van der Waals surface area contributed by atoms with E-state index in [0.29, 0.717) is 18.1 Å². The molecule has 0 saturated carbocycles. The Morgan fingerprint density at radius 1 is 1.24 bits per heavy atom. The zero-order valence-electron chi connectivity index (χ0n) is 11.8. The molecule has 3 aromatic rings. The molecule has 4 nitrogen and oxygen atoms in total. The van der Waals surface area contributed by atoms with Gasteiger partial charge in [-0.05, 0) is 47.1 Å². The summed E-state index contributed by atoms with van der Waals surface area (Å²) in [5, 5.41) is 0. The summed E-state index contributed by atoms with van der Waals surface area (Å²) in [6, 6.07) is 11.9. The van der Waals surface area contributed by atoms with Gasteiger partial charge in [0, 0.05) is 5.56 Å². The molecule has 0 saturated heterocycles. The number of aromatic amines is 1. The highest BCUT2D eigenvalue weighted by Crippen LogP contribution is 2.39. The Kier molecular flexibility index (Phi) is 3.84. The summed E-state index contributed by atoms with van der Waals surface area (Å²) in [6.45, 7) is 2.52. The Bertz CT molecular complexity index is 750. The van der Waals surface area contributed by atoms with Crippen LogP contribution in [0, 0.1) is 0 Å². The molecular formula is C16H15BrN2O2. The minimum atomic E-state index is 0.576. The Labute approximate surface area is 131 Å². The SMILES string of the molecule is CCOc1cc(-c2nc3ccccc3[nH]2)cc(Br)c1OC. The van der Waals surface area contributed by atoms with Crippen molar-refractivity contribution in [3.8, 4) is 22.9 Å². The van der Waals surface area contributed by atoms with Gasteiger partial charge >= 0.3 is 0 Å². The molecule has 21 heavy (non-hydrogen) atoms. The second-order valence-electron chi connectivity index (χ2n) is 4.53. The molecule has 0 spiro atoms. The standard InChI is InChI=1S/C16H15BrN2O2/c1-3-21-14-9-10(8-11(17)15(14)20-2)16-18-12-6-4-5-7-13(12)19-16/h4-9H,3H2,1-2H3,(H,18,19). The number of rotatable bonds is 4. The summed E-state index contributed by atoms with van der Waals surface area (Å²) in [7, 11) is 1.63. The molecule has 0 aliphatic carbocycles. The molecular weight excluding hydrogens is 332 g/mol. The van der Waals surface area contributed by atoms with Gasteiger partial charge in [0.05, 0.1) is 29.2 Å². The number of ether oxygens (including phenoxy) is 2. The van der Waals surface area contributed by atoms with Crippen LogP contribution in [-0.2, 0) is 0 Å². The van der Waals surface area contributed by atoms with E-state index in [4.69, 9.17) is 9.47 Å². The molecule has 0 bridgehead atoms. The van der Waals surface area contributed by atoms with Gasteiger partial charge in [-0.15, -0.1) is 0 Å². The van der Waals surface area contributed by atoms with Crippen LogP contribution >= 0.6 is 15.9 Å². The number of hydrogen-bond donors (Lipinski definition) is 1. The van der Waals surface area contributed by atoms with Gasteiger partial charge in [-0.1, -0.05) is 12.1 Å². The summed E-state index contributed by atoms with van der Waals surface area (Å²) in [5.41, 5.74) is 2.90. The van der Waals surface area contributed by atoms with Crippen LogP contribution in [0.25, 0.3) is 22.4 Å². The second-order valence-corrected chi connectivity index (χ2v) is 5.38. The predicted molar refractivity (Wildman–Crippen MR) is 87.0 cm³/mol. The first kappa shape index (κ1) is 13.9. The quantitative estimate of drug-likeness (QED) is 0.761. The molecule has 1 heterocycles. The number of nitrogens with one attached hydrogen (secondary N) is 1. The minimum absolute atomic E-state index is 0.576. The zero-order chi connectivity index (χ0) is 14.8. The van der Waals surface area contributed by atoms with Gasteiger partial charge in [0.2, 0.25) is 0 Å². The summed E-state index contributed by atoms with van der Waals surface area (Å²) >= 11 is 3.52. The van der Waals surface area contributed by atoms with Gasteiger partial charge < -0.3 is 14.5 Å². The van der Waals surface area contributed by atoms with Gasteiger partial charge in [-0.2, -0.15) is 0 Å². The first-order valence-corrected chi connectivity index (χ1v) is 7.47. The van der Waals surface area contributed by atoms with Gasteiger partial charge in [0.1, 0.15) is 5.82 Å². The van der Waals surface area contributed by atoms with Gasteiger partial charge in [0.15, 0.2) is 11.5 Å². The molecule has 108 valence electrons. The van der Waals surface area contributed by atoms with Crippen LogP contribution in [0.4, 0.5) is 0 Å². The number of hydrogen-bond acceptors (Lipinski definition) is 3. The molecule has 0 radical (unpaired) electrons. The highest BCUT2D eigenvalue weighted by atomic mass is 79.9. The van der Waals surface area contributed by atoms with Gasteiger partial charge in [0.25, 0.3) is 0 Å². The number of nitrogens with zero attached hydrogens (tertiary/aromatic N) is 1. The maximum absolute atomic E-state index is 5.65. The fourth-order valence-electron chi connectivity index (χ4n) is 2.26. The van der Waals surface area contributed by atoms with Crippen LogP contribution in [0.5, 0.6) is 11.5 Å². The molecule has 0 aliphatic heterocycles. The number of fused-ring (bicyclic) bond motifs is 1. The average molecular weight is 347 g/mol. The van der Waals surface area contributed by atoms with Crippen molar-refractivity contribution >= 4 is 27.0 Å². The highest BCUT2D eigenvalue weighted by Gasteiger charge is 2.14. The summed E-state index contributed by atoms with van der Waals surface area (Å²) < 4.78 is 11.9. The van der Waals surface area contributed by atoms with E-state index in [1.165, 1.54) is 0 Å². The summed E-state index contributed by atoms with van der Waals surface area (Å²) in [6.07, 6.45) is 0. The third-order valence-electron chi connectivity index (χ3n) is 3.18. The van der Waals surface area contributed by atoms with Crippen molar-refractivity contribution in [1.82, 2.24) is 9.97 Å². The number of halogens is 1. The largest absolute Gasteiger partial charge is 0.492 e. The zero-order valence-corrected chi connectivity index (χ0v) is 13.4. The third-order valence-corrected chi connectivity index (χ3v) is 3.77. The molecule has 2 aromatic carbocycles. The van der Waals surface area contributed by atoms with Crippen molar-refractivity contribution in [3.05, 3.63) is 40.9 Å². The van der Waals surface area contributed by atoms with Crippen LogP contribution in [0.1, 0.15) is 6.92 Å². The second kappa shape index (κ2) is 5.77. The van der Waals surface area contributed by atoms with Crippen molar-refractivity contribution in [2.24, 2.45) is 0 Å². The van der Waals surface area contributed by atoms with E-state index in [-0.39, 0.29) is 0 Å². The lowest BCUT2D eigenvalue weighted by Gasteiger charge is -2.12. The molecule has 0 amide bonds. The van der Waals surface area contributed by atoms with E-state index in [2.05, 4.69) is 25.9 Å². The molecule has 0 unspecified atom stereocenters. The first-order valence-electron chi connectivity index (χ1n) is 6.68. The molecule has 1 aromatic heterocycles. The minimum Gasteiger partial charge on any atom is -0.492 e. The maximum Gasteiger partial charge on any atom is 0.174 e.